The van der Waals surface area contributed by atoms with Gasteiger partial charge in [0.05, 0.1) is 36.3 Å². The highest BCUT2D eigenvalue weighted by Gasteiger charge is 2.80. The molecular formula is C36H47NO12. The molecule has 49 heavy (non-hydrogen) atoms. The molecule has 3 fully saturated rings. The normalized spacial score (nSPS) is 30.1. The molecule has 5 rings (SSSR count). The summed E-state index contributed by atoms with van der Waals surface area (Å²) in [4.78, 5) is 39.6. The minimum atomic E-state index is -1.53. The maximum atomic E-state index is 13.7. The molecule has 0 bridgehead atoms. The molecule has 1 amide bonds. The average molecular weight is 686 g/mol. The van der Waals surface area contributed by atoms with Crippen LogP contribution in [0.2, 0.25) is 0 Å². The highest BCUT2D eigenvalue weighted by atomic mass is 16.7. The van der Waals surface area contributed by atoms with Gasteiger partial charge in [-0.3, -0.25) is 4.79 Å². The minimum absolute atomic E-state index is 0.0420. The molecule has 1 saturated carbocycles. The van der Waals surface area contributed by atoms with E-state index in [2.05, 4.69) is 5.32 Å². The Hall–Kier alpha value is -3.59. The van der Waals surface area contributed by atoms with Gasteiger partial charge in [-0.05, 0) is 58.7 Å². The predicted octanol–water partition coefficient (Wildman–Crippen LogP) is 3.90. The number of hydrogen-bond donors (Lipinski definition) is 2. The molecule has 2 aliphatic heterocycles. The monoisotopic (exact) mass is 685 g/mol. The second kappa shape index (κ2) is 14.7. The van der Waals surface area contributed by atoms with Gasteiger partial charge in [-0.15, -0.1) is 0 Å². The summed E-state index contributed by atoms with van der Waals surface area (Å²) < 4.78 is 48.7. The number of ether oxygens (including phenoxy) is 8. The highest BCUT2D eigenvalue weighted by molar-refractivity contribution is 5.89. The molecule has 0 aromatic heterocycles. The quantitative estimate of drug-likeness (QED) is 0.103. The molecule has 3 aliphatic rings. The first kappa shape index (κ1) is 36.7. The van der Waals surface area contributed by atoms with Crippen LogP contribution in [0.25, 0.3) is 0 Å². The smallest absolute Gasteiger partial charge is 0.408 e. The van der Waals surface area contributed by atoms with Crippen LogP contribution >= 0.6 is 0 Å². The first-order valence-corrected chi connectivity index (χ1v) is 16.4. The topological polar surface area (TPSA) is 161 Å². The summed E-state index contributed by atoms with van der Waals surface area (Å²) in [5.41, 5.74) is -2.57. The minimum Gasteiger partial charge on any atom is -0.459 e. The third kappa shape index (κ3) is 8.42. The third-order valence-electron chi connectivity index (χ3n) is 8.82. The number of carbonyl (C=O) groups excluding carboxylic acids is 3. The second-order valence-electron chi connectivity index (χ2n) is 14.0. The zero-order valence-corrected chi connectivity index (χ0v) is 28.8. The van der Waals surface area contributed by atoms with Crippen LogP contribution in [-0.4, -0.2) is 96.7 Å². The summed E-state index contributed by atoms with van der Waals surface area (Å²) >= 11 is 0. The van der Waals surface area contributed by atoms with Crippen molar-refractivity contribution in [2.45, 2.75) is 102 Å². The standard InChI is InChI=1S/C36H47NO12/c1-23(39)46-28-27(26-20-45-34(5,6)47-26)35(17-18-38,37-32(41)49-33(2,3)4)29(44-22-42-19-24-13-9-7-10-14-24)30-36(28,48-30)21-43-31(40)25-15-11-8-12-16-25/h7-16,26-30,38H,17-22H2,1-6H3,(H,37,41)/t26?,27?,28?,29?,30?,35-,36+/m1/s1. The molecule has 0 radical (unpaired) electrons. The number of amides is 1. The molecule has 0 spiro atoms. The summed E-state index contributed by atoms with van der Waals surface area (Å²) in [6.45, 7) is 9.22. The zero-order valence-electron chi connectivity index (χ0n) is 28.8. The number of esters is 2. The van der Waals surface area contributed by atoms with Crippen molar-refractivity contribution >= 4 is 18.0 Å². The van der Waals surface area contributed by atoms with E-state index in [1.807, 2.05) is 30.3 Å². The molecule has 13 heteroatoms. The van der Waals surface area contributed by atoms with Crippen LogP contribution in [0.4, 0.5) is 4.79 Å². The number of fused-ring (bicyclic) bond motifs is 1. The van der Waals surface area contributed by atoms with Crippen LogP contribution in [-0.2, 0) is 49.3 Å². The van der Waals surface area contributed by atoms with Crippen LogP contribution in [0.3, 0.4) is 0 Å². The Morgan fingerprint density at radius 2 is 1.65 bits per heavy atom. The molecule has 1 aliphatic carbocycles. The van der Waals surface area contributed by atoms with Crippen LogP contribution in [0.1, 0.15) is 63.9 Å². The lowest BCUT2D eigenvalue weighted by Gasteiger charge is -2.53. The lowest BCUT2D eigenvalue weighted by molar-refractivity contribution is -0.206. The van der Waals surface area contributed by atoms with E-state index in [-0.39, 0.29) is 33.0 Å². The van der Waals surface area contributed by atoms with E-state index in [0.717, 1.165) is 5.56 Å². The third-order valence-corrected chi connectivity index (χ3v) is 8.82. The van der Waals surface area contributed by atoms with Crippen molar-refractivity contribution in [2.75, 3.05) is 26.6 Å². The summed E-state index contributed by atoms with van der Waals surface area (Å²) in [5, 5.41) is 13.6. The fraction of sp³-hybridized carbons (Fsp3) is 0.583. The van der Waals surface area contributed by atoms with Crippen molar-refractivity contribution < 1.29 is 57.4 Å². The Kier molecular flexibility index (Phi) is 11.0. The van der Waals surface area contributed by atoms with Crippen LogP contribution < -0.4 is 5.32 Å². The van der Waals surface area contributed by atoms with Gasteiger partial charge in [0.15, 0.2) is 11.4 Å². The van der Waals surface area contributed by atoms with Crippen LogP contribution in [0.15, 0.2) is 60.7 Å². The number of carbonyl (C=O) groups is 3. The number of aliphatic hydroxyl groups excluding tert-OH is 1. The van der Waals surface area contributed by atoms with Gasteiger partial charge in [-0.1, -0.05) is 48.5 Å². The summed E-state index contributed by atoms with van der Waals surface area (Å²) in [7, 11) is 0. The van der Waals surface area contributed by atoms with Gasteiger partial charge in [0, 0.05) is 13.5 Å². The van der Waals surface area contributed by atoms with Crippen molar-refractivity contribution in [1.29, 1.82) is 0 Å². The van der Waals surface area contributed by atoms with Gasteiger partial charge in [0.1, 0.15) is 37.3 Å². The molecule has 268 valence electrons. The fourth-order valence-corrected chi connectivity index (χ4v) is 6.88. The van der Waals surface area contributed by atoms with Crippen molar-refractivity contribution in [1.82, 2.24) is 5.32 Å². The Bertz CT molecular complexity index is 1450. The molecule has 2 N–H and O–H groups in total. The number of epoxide rings is 1. The van der Waals surface area contributed by atoms with Crippen LogP contribution in [0, 0.1) is 5.92 Å². The number of benzene rings is 2. The van der Waals surface area contributed by atoms with E-state index < -0.39 is 77.5 Å². The van der Waals surface area contributed by atoms with Gasteiger partial charge in [-0.2, -0.15) is 0 Å². The summed E-state index contributed by atoms with van der Waals surface area (Å²) in [6, 6.07) is 18.0. The Balaban J connectivity index is 1.56. The number of hydrogen-bond acceptors (Lipinski definition) is 12. The number of rotatable bonds is 13. The van der Waals surface area contributed by atoms with Gasteiger partial charge in [-0.25, -0.2) is 9.59 Å². The SMILES string of the molecule is CC(=O)OC1C(C2COC(C)(C)O2)[C@@](CCO)(NC(=O)OC(C)(C)C)C(OCOCc2ccccc2)C2O[C@]21COC(=O)c1ccccc1. The maximum absolute atomic E-state index is 13.7. The van der Waals surface area contributed by atoms with Gasteiger partial charge >= 0.3 is 18.0 Å². The van der Waals surface area contributed by atoms with E-state index in [1.54, 1.807) is 65.0 Å². The molecule has 2 aromatic rings. The van der Waals surface area contributed by atoms with E-state index >= 15 is 0 Å². The van der Waals surface area contributed by atoms with Gasteiger partial charge in [0.25, 0.3) is 0 Å². The van der Waals surface area contributed by atoms with E-state index in [1.165, 1.54) is 6.92 Å². The van der Waals surface area contributed by atoms with E-state index in [0.29, 0.717) is 5.56 Å². The lowest BCUT2D eigenvalue weighted by Crippen LogP contribution is -2.75. The fourth-order valence-electron chi connectivity index (χ4n) is 6.88. The highest BCUT2D eigenvalue weighted by Crippen LogP contribution is 2.59. The molecule has 7 atom stereocenters. The largest absolute Gasteiger partial charge is 0.459 e. The number of nitrogens with one attached hydrogen (secondary N) is 1. The number of alkyl carbamates (subject to hydrolysis) is 1. The van der Waals surface area contributed by atoms with Crippen molar-refractivity contribution in [3.8, 4) is 0 Å². The molecule has 2 heterocycles. The molecule has 5 unspecified atom stereocenters. The van der Waals surface area contributed by atoms with Gasteiger partial charge < -0.3 is 48.3 Å². The Labute approximate surface area is 286 Å². The van der Waals surface area contributed by atoms with Crippen LogP contribution in [0.5, 0.6) is 0 Å². The Morgan fingerprint density at radius 1 is 0.980 bits per heavy atom. The zero-order chi connectivity index (χ0) is 35.5. The molecular weight excluding hydrogens is 638 g/mol. The van der Waals surface area contributed by atoms with E-state index in [9.17, 15) is 19.5 Å². The average Bonchev–Trinajstić information content (AvgIpc) is 3.66. The molecule has 13 nitrogen and oxygen atoms in total. The second-order valence-corrected chi connectivity index (χ2v) is 14.0. The number of aliphatic hydroxyl groups is 1. The van der Waals surface area contributed by atoms with Crippen molar-refractivity contribution in [2.24, 2.45) is 5.92 Å². The first-order valence-electron chi connectivity index (χ1n) is 16.4. The molecule has 2 saturated heterocycles. The van der Waals surface area contributed by atoms with E-state index in [4.69, 9.17) is 37.9 Å². The van der Waals surface area contributed by atoms with Crippen molar-refractivity contribution in [3.63, 3.8) is 0 Å². The maximum Gasteiger partial charge on any atom is 0.408 e. The summed E-state index contributed by atoms with van der Waals surface area (Å²) in [6.07, 6.45) is -4.79. The summed E-state index contributed by atoms with van der Waals surface area (Å²) in [5.74, 6) is -3.25. The Morgan fingerprint density at radius 3 is 2.24 bits per heavy atom. The van der Waals surface area contributed by atoms with Gasteiger partial charge in [0.2, 0.25) is 0 Å². The molecule has 2 aromatic carbocycles. The predicted molar refractivity (Wildman–Crippen MR) is 173 cm³/mol. The first-order chi connectivity index (χ1) is 23.2. The lowest BCUT2D eigenvalue weighted by atomic mass is 9.61. The van der Waals surface area contributed by atoms with Crippen molar-refractivity contribution in [3.05, 3.63) is 71.8 Å².